The monoisotopic (exact) mass is 365 g/mol. The lowest BCUT2D eigenvalue weighted by atomic mass is 10.3. The first kappa shape index (κ1) is 18.9. The number of esters is 2. The number of amides is 1. The number of ether oxygens (including phenoxy) is 3. The molecule has 0 aromatic heterocycles. The van der Waals surface area contributed by atoms with Gasteiger partial charge in [-0.25, -0.2) is 9.59 Å². The fraction of sp³-hybridized carbons (Fsp3) is 0.353. The van der Waals surface area contributed by atoms with Crippen LogP contribution in [0, 0.1) is 0 Å². The molecular formula is C17H19NO6S. The molecule has 0 saturated carbocycles. The summed E-state index contributed by atoms with van der Waals surface area (Å²) >= 11 is 1.25. The summed E-state index contributed by atoms with van der Waals surface area (Å²) in [6, 6.07) is 8.92. The van der Waals surface area contributed by atoms with E-state index in [9.17, 15) is 14.4 Å². The van der Waals surface area contributed by atoms with E-state index in [4.69, 9.17) is 14.2 Å². The summed E-state index contributed by atoms with van der Waals surface area (Å²) in [5, 5.41) is 0.500. The Hall–Kier alpha value is -2.48. The molecule has 25 heavy (non-hydrogen) atoms. The molecule has 1 aromatic rings. The lowest BCUT2D eigenvalue weighted by Crippen LogP contribution is -2.30. The van der Waals surface area contributed by atoms with Gasteiger partial charge in [-0.15, -0.1) is 0 Å². The number of benzene rings is 1. The van der Waals surface area contributed by atoms with Crippen molar-refractivity contribution in [2.24, 2.45) is 0 Å². The lowest BCUT2D eigenvalue weighted by molar-refractivity contribution is -0.147. The Balaban J connectivity index is 1.76. The standard InChI is InChI=1S/C17H19NO6S/c1-2-22-16(20)10-15-18(14(19)12-25-15)8-9-23-17(21)11-24-13-6-4-3-5-7-13/h3-7,10H,2,8-9,11-12H2,1H3/b15-10-. The third kappa shape index (κ3) is 6.15. The molecule has 1 heterocycles. The Morgan fingerprint density at radius 3 is 2.72 bits per heavy atom. The fourth-order valence-electron chi connectivity index (χ4n) is 2.01. The molecule has 0 unspecified atom stereocenters. The summed E-state index contributed by atoms with van der Waals surface area (Å²) < 4.78 is 15.2. The number of carbonyl (C=O) groups excluding carboxylic acids is 3. The molecule has 8 heteroatoms. The molecule has 1 aromatic carbocycles. The van der Waals surface area contributed by atoms with E-state index in [1.807, 2.05) is 6.07 Å². The zero-order chi connectivity index (χ0) is 18.1. The number of rotatable bonds is 8. The minimum atomic E-state index is -0.529. The molecule has 0 spiro atoms. The van der Waals surface area contributed by atoms with Crippen molar-refractivity contribution in [1.29, 1.82) is 0 Å². The van der Waals surface area contributed by atoms with E-state index in [-0.39, 0.29) is 38.0 Å². The lowest BCUT2D eigenvalue weighted by Gasteiger charge is -2.16. The Labute approximate surface area is 149 Å². The van der Waals surface area contributed by atoms with E-state index in [1.165, 1.54) is 22.7 Å². The van der Waals surface area contributed by atoms with Gasteiger partial charge in [-0.2, -0.15) is 0 Å². The summed E-state index contributed by atoms with van der Waals surface area (Å²) in [5.74, 6) is -0.351. The molecule has 0 radical (unpaired) electrons. The van der Waals surface area contributed by atoms with E-state index >= 15 is 0 Å². The van der Waals surface area contributed by atoms with E-state index < -0.39 is 11.9 Å². The van der Waals surface area contributed by atoms with Gasteiger partial charge in [0.15, 0.2) is 6.61 Å². The van der Waals surface area contributed by atoms with Gasteiger partial charge in [-0.1, -0.05) is 30.0 Å². The highest BCUT2D eigenvalue weighted by Gasteiger charge is 2.27. The van der Waals surface area contributed by atoms with Gasteiger partial charge in [0.25, 0.3) is 0 Å². The Bertz CT molecular complexity index is 646. The van der Waals surface area contributed by atoms with E-state index in [2.05, 4.69) is 0 Å². The van der Waals surface area contributed by atoms with Crippen LogP contribution in [-0.2, 0) is 23.9 Å². The van der Waals surface area contributed by atoms with Gasteiger partial charge in [-0.05, 0) is 19.1 Å². The van der Waals surface area contributed by atoms with Crippen molar-refractivity contribution in [3.05, 3.63) is 41.4 Å². The first-order valence-electron chi connectivity index (χ1n) is 7.75. The SMILES string of the molecule is CCOC(=O)/C=C1\SCC(=O)N1CCOC(=O)COc1ccccc1. The van der Waals surface area contributed by atoms with Crippen LogP contribution in [0.1, 0.15) is 6.92 Å². The maximum absolute atomic E-state index is 11.9. The second kappa shape index (κ2) is 9.73. The summed E-state index contributed by atoms with van der Waals surface area (Å²) in [5.41, 5.74) is 0. The van der Waals surface area contributed by atoms with Crippen LogP contribution in [0.25, 0.3) is 0 Å². The number of carbonyl (C=O) groups is 3. The first-order valence-corrected chi connectivity index (χ1v) is 8.73. The smallest absolute Gasteiger partial charge is 0.344 e. The predicted octanol–water partition coefficient (Wildman–Crippen LogP) is 1.59. The highest BCUT2D eigenvalue weighted by molar-refractivity contribution is 8.04. The number of hydrogen-bond donors (Lipinski definition) is 0. The van der Waals surface area contributed by atoms with Gasteiger partial charge >= 0.3 is 11.9 Å². The maximum atomic E-state index is 11.9. The molecule has 0 atom stereocenters. The molecule has 2 rings (SSSR count). The van der Waals surface area contributed by atoms with Gasteiger partial charge in [0, 0.05) is 0 Å². The van der Waals surface area contributed by atoms with Crippen molar-refractivity contribution in [1.82, 2.24) is 4.90 Å². The molecule has 7 nitrogen and oxygen atoms in total. The molecule has 0 aliphatic carbocycles. The highest BCUT2D eigenvalue weighted by atomic mass is 32.2. The van der Waals surface area contributed by atoms with Gasteiger partial charge in [-0.3, -0.25) is 4.79 Å². The second-order valence-electron chi connectivity index (χ2n) is 4.89. The van der Waals surface area contributed by atoms with Gasteiger partial charge in [0.1, 0.15) is 12.4 Å². The molecule has 1 amide bonds. The summed E-state index contributed by atoms with van der Waals surface area (Å²) in [7, 11) is 0. The van der Waals surface area contributed by atoms with E-state index in [0.717, 1.165) is 0 Å². The third-order valence-electron chi connectivity index (χ3n) is 3.12. The Morgan fingerprint density at radius 1 is 1.24 bits per heavy atom. The topological polar surface area (TPSA) is 82.1 Å². The van der Waals surface area contributed by atoms with Crippen molar-refractivity contribution in [3.63, 3.8) is 0 Å². The van der Waals surface area contributed by atoms with Crippen LogP contribution in [-0.4, -0.2) is 54.9 Å². The molecule has 134 valence electrons. The largest absolute Gasteiger partial charge is 0.482 e. The molecule has 0 N–H and O–H groups in total. The average molecular weight is 365 g/mol. The van der Waals surface area contributed by atoms with E-state index in [1.54, 1.807) is 31.2 Å². The number of hydrogen-bond acceptors (Lipinski definition) is 7. The van der Waals surface area contributed by atoms with Crippen molar-refractivity contribution in [2.75, 3.05) is 32.1 Å². The summed E-state index contributed by atoms with van der Waals surface area (Å²) in [4.78, 5) is 36.4. The zero-order valence-corrected chi connectivity index (χ0v) is 14.6. The van der Waals surface area contributed by atoms with Gasteiger partial charge in [0.2, 0.25) is 5.91 Å². The number of nitrogens with zero attached hydrogens (tertiary/aromatic N) is 1. The van der Waals surface area contributed by atoms with Crippen LogP contribution in [0.15, 0.2) is 41.4 Å². The third-order valence-corrected chi connectivity index (χ3v) is 4.14. The number of para-hydroxylation sites is 1. The maximum Gasteiger partial charge on any atom is 0.344 e. The number of thioether (sulfide) groups is 1. The van der Waals surface area contributed by atoms with Crippen LogP contribution in [0.5, 0.6) is 5.75 Å². The second-order valence-corrected chi connectivity index (χ2v) is 5.89. The van der Waals surface area contributed by atoms with Crippen LogP contribution >= 0.6 is 11.8 Å². The summed E-state index contributed by atoms with van der Waals surface area (Å²) in [6.45, 7) is 1.95. The molecular weight excluding hydrogens is 346 g/mol. The normalized spacial score (nSPS) is 15.3. The minimum Gasteiger partial charge on any atom is -0.482 e. The predicted molar refractivity (Wildman–Crippen MR) is 91.8 cm³/mol. The quantitative estimate of drug-likeness (QED) is 0.511. The Morgan fingerprint density at radius 2 is 2.00 bits per heavy atom. The van der Waals surface area contributed by atoms with Gasteiger partial charge in [0.05, 0.1) is 30.0 Å². The zero-order valence-electron chi connectivity index (χ0n) is 13.8. The molecule has 1 aliphatic rings. The van der Waals surface area contributed by atoms with Gasteiger partial charge < -0.3 is 19.1 Å². The molecule has 1 fully saturated rings. The first-order chi connectivity index (χ1) is 12.1. The van der Waals surface area contributed by atoms with Crippen LogP contribution < -0.4 is 4.74 Å². The van der Waals surface area contributed by atoms with Crippen LogP contribution in [0.2, 0.25) is 0 Å². The average Bonchev–Trinajstić information content (AvgIpc) is 2.94. The molecule has 1 aliphatic heterocycles. The van der Waals surface area contributed by atoms with Crippen molar-refractivity contribution < 1.29 is 28.6 Å². The summed E-state index contributed by atoms with van der Waals surface area (Å²) in [6.07, 6.45) is 1.28. The molecule has 1 saturated heterocycles. The highest BCUT2D eigenvalue weighted by Crippen LogP contribution is 2.28. The molecule has 0 bridgehead atoms. The fourth-order valence-corrected chi connectivity index (χ4v) is 2.96. The van der Waals surface area contributed by atoms with Crippen LogP contribution in [0.3, 0.4) is 0 Å². The van der Waals surface area contributed by atoms with E-state index in [0.29, 0.717) is 10.8 Å². The minimum absolute atomic E-state index is 0.0173. The van der Waals surface area contributed by atoms with Crippen molar-refractivity contribution in [3.8, 4) is 5.75 Å². The van der Waals surface area contributed by atoms with Crippen molar-refractivity contribution >= 4 is 29.6 Å². The van der Waals surface area contributed by atoms with Crippen LogP contribution in [0.4, 0.5) is 0 Å². The van der Waals surface area contributed by atoms with Crippen molar-refractivity contribution in [2.45, 2.75) is 6.92 Å². The Kier molecular flexibility index (Phi) is 7.34.